The Balaban J connectivity index is 2.08. The highest BCUT2D eigenvalue weighted by Crippen LogP contribution is 2.24. The molecule has 6 N–H and O–H groups in total. The van der Waals surface area contributed by atoms with Crippen LogP contribution in [0.25, 0.3) is 0 Å². The number of ether oxygens (including phenoxy) is 2. The molecule has 0 bridgehead atoms. The van der Waals surface area contributed by atoms with Crippen molar-refractivity contribution in [2.24, 2.45) is 0 Å². The number of hydrogen-bond acceptors (Lipinski definition) is 8. The van der Waals surface area contributed by atoms with Crippen LogP contribution in [-0.2, 0) is 14.3 Å². The van der Waals surface area contributed by atoms with Crippen molar-refractivity contribution in [1.29, 1.82) is 0 Å². The molecule has 1 fully saturated rings. The van der Waals surface area contributed by atoms with E-state index in [1.807, 2.05) is 0 Å². The van der Waals surface area contributed by atoms with E-state index in [4.69, 9.17) is 9.47 Å². The number of rotatable bonds is 67. The van der Waals surface area contributed by atoms with Gasteiger partial charge in [0, 0.05) is 6.42 Å². The molecule has 0 aromatic heterocycles. The second kappa shape index (κ2) is 66.8. The van der Waals surface area contributed by atoms with Crippen LogP contribution in [0.15, 0.2) is 60.8 Å². The summed E-state index contributed by atoms with van der Waals surface area (Å²) in [6.45, 7) is 3.78. The standard InChI is InChI=1S/C78H145NO8/c1-3-5-7-9-11-13-15-17-19-21-23-25-27-29-31-33-35-36-38-39-41-43-45-47-49-51-53-55-57-59-61-63-65-67-72(81)71(70-86-78-77(85)76(84)75(83)73(69-80)87-78)79-74(82)68-66-64-62-60-58-56-54-52-50-48-46-44-42-40-37-34-32-30-28-26-24-22-20-18-16-14-12-10-8-6-4-2/h6,8,12,14,18,20,24,26,30,32,71-73,75-78,80-81,83-85H,3-5,7,9-11,13,15-17,19,21-23,25,27-29,31,33-70H2,1-2H3,(H,79,82)/b8-6-,14-12-,20-18-,26-24-,32-30-. The van der Waals surface area contributed by atoms with E-state index in [0.29, 0.717) is 12.8 Å². The number of hydrogen-bond donors (Lipinski definition) is 6. The number of nitrogens with one attached hydrogen (secondary N) is 1. The average molecular weight is 1230 g/mol. The van der Waals surface area contributed by atoms with E-state index in [0.717, 1.165) is 70.6 Å². The Kier molecular flexibility index (Phi) is 63.7. The maximum atomic E-state index is 13.2. The van der Waals surface area contributed by atoms with Crippen molar-refractivity contribution in [3.05, 3.63) is 60.8 Å². The predicted molar refractivity (Wildman–Crippen MR) is 373 cm³/mol. The zero-order chi connectivity index (χ0) is 62.8. The summed E-state index contributed by atoms with van der Waals surface area (Å²) in [5.41, 5.74) is 0. The molecule has 0 aromatic rings. The fourth-order valence-corrected chi connectivity index (χ4v) is 12.3. The Morgan fingerprint density at radius 3 is 1.06 bits per heavy atom. The Bertz CT molecular complexity index is 1560. The molecule has 9 heteroatoms. The average Bonchev–Trinajstić information content (AvgIpc) is 3.47. The maximum Gasteiger partial charge on any atom is 0.220 e. The number of aliphatic hydroxyl groups is 5. The first kappa shape index (κ1) is 82.9. The molecule has 510 valence electrons. The van der Waals surface area contributed by atoms with Crippen molar-refractivity contribution < 1.29 is 39.8 Å². The van der Waals surface area contributed by atoms with Gasteiger partial charge in [-0.05, 0) is 57.8 Å². The van der Waals surface area contributed by atoms with Gasteiger partial charge >= 0.3 is 0 Å². The summed E-state index contributed by atoms with van der Waals surface area (Å²) in [5, 5.41) is 55.1. The molecule has 9 nitrogen and oxygen atoms in total. The van der Waals surface area contributed by atoms with Crippen LogP contribution in [0.5, 0.6) is 0 Å². The monoisotopic (exact) mass is 1220 g/mol. The van der Waals surface area contributed by atoms with Gasteiger partial charge in [0.1, 0.15) is 24.4 Å². The molecule has 7 atom stereocenters. The lowest BCUT2D eigenvalue weighted by Crippen LogP contribution is -2.60. The highest BCUT2D eigenvalue weighted by atomic mass is 16.7. The molecule has 0 spiro atoms. The van der Waals surface area contributed by atoms with E-state index in [1.165, 1.54) is 276 Å². The first-order chi connectivity index (χ1) is 42.8. The number of carbonyl (C=O) groups is 1. The lowest BCUT2D eigenvalue weighted by atomic mass is 9.99. The van der Waals surface area contributed by atoms with Gasteiger partial charge in [-0.1, -0.05) is 370 Å². The minimum atomic E-state index is -1.56. The summed E-state index contributed by atoms with van der Waals surface area (Å²) in [4.78, 5) is 13.2. The minimum Gasteiger partial charge on any atom is -0.394 e. The molecule has 7 unspecified atom stereocenters. The summed E-state index contributed by atoms with van der Waals surface area (Å²) in [5.74, 6) is -0.140. The van der Waals surface area contributed by atoms with E-state index in [2.05, 4.69) is 79.9 Å². The molecular weight excluding hydrogens is 1080 g/mol. The van der Waals surface area contributed by atoms with Crippen molar-refractivity contribution in [2.75, 3.05) is 13.2 Å². The second-order valence-electron chi connectivity index (χ2n) is 26.4. The topological polar surface area (TPSA) is 149 Å². The second-order valence-corrected chi connectivity index (χ2v) is 26.4. The Labute approximate surface area is 538 Å². The van der Waals surface area contributed by atoms with Crippen LogP contribution in [0, 0.1) is 0 Å². The van der Waals surface area contributed by atoms with Crippen LogP contribution in [-0.4, -0.2) is 87.5 Å². The smallest absolute Gasteiger partial charge is 0.220 e. The molecule has 1 amide bonds. The number of amides is 1. The lowest BCUT2D eigenvalue weighted by molar-refractivity contribution is -0.302. The molecule has 87 heavy (non-hydrogen) atoms. The van der Waals surface area contributed by atoms with Crippen LogP contribution >= 0.6 is 0 Å². The first-order valence-corrected chi connectivity index (χ1v) is 38.0. The maximum absolute atomic E-state index is 13.2. The van der Waals surface area contributed by atoms with E-state index >= 15 is 0 Å². The van der Waals surface area contributed by atoms with Gasteiger partial charge in [-0.15, -0.1) is 0 Å². The minimum absolute atomic E-state index is 0.137. The molecule has 1 aliphatic heterocycles. The molecule has 0 radical (unpaired) electrons. The molecule has 1 heterocycles. The van der Waals surface area contributed by atoms with Crippen molar-refractivity contribution in [2.45, 2.75) is 416 Å². The summed E-state index contributed by atoms with van der Waals surface area (Å²) in [6, 6.07) is -0.723. The predicted octanol–water partition coefficient (Wildman–Crippen LogP) is 21.3. The molecule has 0 aliphatic carbocycles. The largest absolute Gasteiger partial charge is 0.394 e. The summed E-state index contributed by atoms with van der Waals surface area (Å²) in [7, 11) is 0. The van der Waals surface area contributed by atoms with E-state index in [1.54, 1.807) is 0 Å². The van der Waals surface area contributed by atoms with Gasteiger partial charge in [-0.25, -0.2) is 0 Å². The van der Waals surface area contributed by atoms with E-state index < -0.39 is 49.5 Å². The van der Waals surface area contributed by atoms with Crippen LogP contribution in [0.2, 0.25) is 0 Å². The quantitative estimate of drug-likeness (QED) is 0.0261. The molecule has 1 aliphatic rings. The van der Waals surface area contributed by atoms with Gasteiger partial charge in [0.25, 0.3) is 0 Å². The summed E-state index contributed by atoms with van der Waals surface area (Å²) >= 11 is 0. The molecule has 1 rings (SSSR count). The third kappa shape index (κ3) is 55.3. The Morgan fingerprint density at radius 1 is 0.402 bits per heavy atom. The van der Waals surface area contributed by atoms with Crippen LogP contribution in [0.4, 0.5) is 0 Å². The van der Waals surface area contributed by atoms with Gasteiger partial charge in [0.05, 0.1) is 25.4 Å². The fraction of sp³-hybridized carbons (Fsp3) is 0.859. The molecule has 1 saturated heterocycles. The van der Waals surface area contributed by atoms with Gasteiger partial charge < -0.3 is 40.3 Å². The molecule has 0 aromatic carbocycles. The third-order valence-electron chi connectivity index (χ3n) is 18.1. The lowest BCUT2D eigenvalue weighted by Gasteiger charge is -2.40. The third-order valence-corrected chi connectivity index (χ3v) is 18.1. The fourth-order valence-electron chi connectivity index (χ4n) is 12.3. The summed E-state index contributed by atoms with van der Waals surface area (Å²) in [6.07, 6.45) is 86.0. The van der Waals surface area contributed by atoms with Gasteiger partial charge in [0.2, 0.25) is 5.91 Å². The zero-order valence-corrected chi connectivity index (χ0v) is 57.3. The van der Waals surface area contributed by atoms with Crippen molar-refractivity contribution >= 4 is 5.91 Å². The van der Waals surface area contributed by atoms with Crippen molar-refractivity contribution in [1.82, 2.24) is 5.32 Å². The number of carbonyl (C=O) groups excluding carboxylic acids is 1. The van der Waals surface area contributed by atoms with Crippen LogP contribution < -0.4 is 5.32 Å². The van der Waals surface area contributed by atoms with Gasteiger partial charge in [-0.3, -0.25) is 4.79 Å². The highest BCUT2D eigenvalue weighted by Gasteiger charge is 2.44. The Hall–Kier alpha value is -2.11. The zero-order valence-electron chi connectivity index (χ0n) is 57.3. The van der Waals surface area contributed by atoms with Crippen LogP contribution in [0.3, 0.4) is 0 Å². The molecular formula is C78H145NO8. The SMILES string of the molecule is CC/C=C\C/C=C\C/C=C\C/C=C\C/C=C\CCCCCCCCCCCCCCCCCC(=O)NC(COC1OC(CO)C(O)C(O)C1O)C(O)CCCCCCCCCCCCCCCCCCCCCCCCCCCCCCCCCCC. The van der Waals surface area contributed by atoms with E-state index in [-0.39, 0.29) is 12.5 Å². The van der Waals surface area contributed by atoms with Gasteiger partial charge in [0.15, 0.2) is 6.29 Å². The number of aliphatic hydroxyl groups excluding tert-OH is 5. The Morgan fingerprint density at radius 2 is 0.713 bits per heavy atom. The van der Waals surface area contributed by atoms with Crippen molar-refractivity contribution in [3.8, 4) is 0 Å². The van der Waals surface area contributed by atoms with Crippen molar-refractivity contribution in [3.63, 3.8) is 0 Å². The van der Waals surface area contributed by atoms with Gasteiger partial charge in [-0.2, -0.15) is 0 Å². The normalized spacial score (nSPS) is 18.3. The molecule has 0 saturated carbocycles. The number of unbranched alkanes of at least 4 members (excludes halogenated alkanes) is 47. The summed E-state index contributed by atoms with van der Waals surface area (Å²) < 4.78 is 11.4. The van der Waals surface area contributed by atoms with E-state index in [9.17, 15) is 30.3 Å². The number of allylic oxidation sites excluding steroid dienone is 10. The first-order valence-electron chi connectivity index (χ1n) is 38.0. The highest BCUT2D eigenvalue weighted by molar-refractivity contribution is 5.76. The van der Waals surface area contributed by atoms with Crippen LogP contribution in [0.1, 0.15) is 373 Å².